The zero-order chi connectivity index (χ0) is 23.7. The number of hydrogen-bond acceptors (Lipinski definition) is 4. The topological polar surface area (TPSA) is 35.9 Å². The van der Waals surface area contributed by atoms with Gasteiger partial charge in [0.25, 0.3) is 0 Å². The van der Waals surface area contributed by atoms with Crippen LogP contribution in [0.15, 0.2) is 36.4 Å². The zero-order valence-electron chi connectivity index (χ0n) is 20.3. The van der Waals surface area contributed by atoms with Crippen LogP contribution < -0.4 is 9.47 Å². The van der Waals surface area contributed by atoms with Gasteiger partial charge in [-0.1, -0.05) is 23.7 Å². The summed E-state index contributed by atoms with van der Waals surface area (Å²) >= 11 is 6.48. The second kappa shape index (κ2) is 10.0. The molecule has 0 atom stereocenters. The monoisotopic (exact) mass is 480 g/mol. The molecule has 0 bridgehead atoms. The molecule has 2 aliphatic heterocycles. The minimum absolute atomic E-state index is 0.557. The Morgan fingerprint density at radius 2 is 1.74 bits per heavy atom. The lowest BCUT2D eigenvalue weighted by molar-refractivity contribution is 0.134. The second-order valence-electron chi connectivity index (χ2n) is 9.05. The number of fused-ring (bicyclic) bond motifs is 3. The molecular weight excluding hydrogens is 448 g/mol. The Labute approximate surface area is 207 Å². The molecule has 0 unspecified atom stereocenters. The van der Waals surface area contributed by atoms with E-state index in [2.05, 4.69) is 40.7 Å². The number of aromatic nitrogens is 1. The first-order valence-electron chi connectivity index (χ1n) is 12.2. The average molecular weight is 481 g/mol. The van der Waals surface area contributed by atoms with Crippen molar-refractivity contribution in [2.24, 2.45) is 0 Å². The Morgan fingerprint density at radius 1 is 0.971 bits per heavy atom. The molecule has 2 aromatic carbocycles. The first-order valence-corrected chi connectivity index (χ1v) is 12.6. The van der Waals surface area contributed by atoms with E-state index >= 15 is 0 Å². The summed E-state index contributed by atoms with van der Waals surface area (Å²) in [5.74, 6) is 1.53. The predicted octanol–water partition coefficient (Wildman–Crippen LogP) is 6.18. The highest BCUT2D eigenvalue weighted by molar-refractivity contribution is 6.30. The largest absolute Gasteiger partial charge is 0.493 e. The molecule has 6 heteroatoms. The molecule has 1 aromatic heterocycles. The third-order valence-corrected chi connectivity index (χ3v) is 7.31. The maximum Gasteiger partial charge on any atom is 0.161 e. The molecule has 0 amide bonds. The fraction of sp³-hybridized carbons (Fsp3) is 0.429. The molecule has 0 N–H and O–H groups in total. The van der Waals surface area contributed by atoms with Crippen molar-refractivity contribution in [2.75, 3.05) is 33.9 Å². The first kappa shape index (κ1) is 23.3. The van der Waals surface area contributed by atoms with Crippen LogP contribution in [0.3, 0.4) is 0 Å². The van der Waals surface area contributed by atoms with E-state index in [1.807, 2.05) is 12.1 Å². The van der Waals surface area contributed by atoms with Gasteiger partial charge in [-0.2, -0.15) is 0 Å². The molecule has 34 heavy (non-hydrogen) atoms. The van der Waals surface area contributed by atoms with Crippen LogP contribution in [0, 0.1) is 0 Å². The van der Waals surface area contributed by atoms with E-state index in [1.165, 1.54) is 46.5 Å². The lowest BCUT2D eigenvalue weighted by Crippen LogP contribution is -2.22. The van der Waals surface area contributed by atoms with Crippen LogP contribution in [0.5, 0.6) is 11.5 Å². The van der Waals surface area contributed by atoms with Crippen LogP contribution in [-0.2, 0) is 30.9 Å². The first-order chi connectivity index (χ1) is 16.6. The molecule has 3 heterocycles. The van der Waals surface area contributed by atoms with E-state index in [0.29, 0.717) is 13.2 Å². The number of aryl methyl sites for hydroxylation is 1. The Morgan fingerprint density at radius 3 is 2.44 bits per heavy atom. The van der Waals surface area contributed by atoms with Crippen LogP contribution in [0.2, 0.25) is 5.02 Å². The molecule has 0 aliphatic carbocycles. The molecule has 0 saturated carbocycles. The van der Waals surface area contributed by atoms with Crippen molar-refractivity contribution in [3.63, 3.8) is 0 Å². The van der Waals surface area contributed by atoms with Gasteiger partial charge < -0.3 is 18.8 Å². The number of likely N-dealkylation sites (tertiary alicyclic amines) is 1. The standard InChI is InChI=1S/C28H33ClN2O3/c1-4-34-18-23-27(20-8-7-9-21(29)14-20)24(17-30-11-5-6-12-30)31-13-10-19-15-25(32-2)26(33-3)16-22(19)28(23)31/h7-9,14-16H,4-6,10-13,17-18H2,1-3H3. The summed E-state index contributed by atoms with van der Waals surface area (Å²) in [5, 5.41) is 0.753. The van der Waals surface area contributed by atoms with E-state index in [0.717, 1.165) is 54.7 Å². The van der Waals surface area contributed by atoms with Crippen molar-refractivity contribution in [1.29, 1.82) is 0 Å². The third kappa shape index (κ3) is 4.21. The van der Waals surface area contributed by atoms with Crippen molar-refractivity contribution in [1.82, 2.24) is 9.47 Å². The Balaban J connectivity index is 1.77. The number of methoxy groups -OCH3 is 2. The number of benzene rings is 2. The molecule has 1 fully saturated rings. The van der Waals surface area contributed by atoms with Crippen LogP contribution in [0.25, 0.3) is 22.4 Å². The molecule has 1 saturated heterocycles. The summed E-state index contributed by atoms with van der Waals surface area (Å²) in [5.41, 5.74) is 8.72. The average Bonchev–Trinajstić information content (AvgIpc) is 3.48. The molecule has 0 radical (unpaired) electrons. The maximum atomic E-state index is 6.48. The number of halogens is 1. The van der Waals surface area contributed by atoms with E-state index in [9.17, 15) is 0 Å². The molecule has 180 valence electrons. The molecule has 5 rings (SSSR count). The number of ether oxygens (including phenoxy) is 3. The summed E-state index contributed by atoms with van der Waals surface area (Å²) < 4.78 is 19.9. The second-order valence-corrected chi connectivity index (χ2v) is 9.48. The van der Waals surface area contributed by atoms with Gasteiger partial charge in [0.1, 0.15) is 0 Å². The van der Waals surface area contributed by atoms with Gasteiger partial charge in [-0.25, -0.2) is 0 Å². The highest BCUT2D eigenvalue weighted by Crippen LogP contribution is 2.46. The van der Waals surface area contributed by atoms with Crippen molar-refractivity contribution in [3.05, 3.63) is 58.2 Å². The van der Waals surface area contributed by atoms with Crippen molar-refractivity contribution in [3.8, 4) is 33.9 Å². The fourth-order valence-electron chi connectivity index (χ4n) is 5.51. The van der Waals surface area contributed by atoms with Gasteiger partial charge in [0, 0.05) is 47.1 Å². The SMILES string of the molecule is CCOCc1c(-c2cccc(Cl)c2)c(CN2CCCC2)n2c1-c1cc(OC)c(OC)cc1CC2. The summed E-state index contributed by atoms with van der Waals surface area (Å²) in [6, 6.07) is 12.5. The van der Waals surface area contributed by atoms with Crippen molar-refractivity contribution >= 4 is 11.6 Å². The number of hydrogen-bond donors (Lipinski definition) is 0. The van der Waals surface area contributed by atoms with Gasteiger partial charge in [-0.15, -0.1) is 0 Å². The number of rotatable bonds is 8. The Kier molecular flexibility index (Phi) is 6.87. The maximum absolute atomic E-state index is 6.48. The van der Waals surface area contributed by atoms with Crippen LogP contribution in [0.4, 0.5) is 0 Å². The summed E-state index contributed by atoms with van der Waals surface area (Å²) in [6.07, 6.45) is 3.49. The number of nitrogens with zero attached hydrogens (tertiary/aromatic N) is 2. The van der Waals surface area contributed by atoms with E-state index in [-0.39, 0.29) is 0 Å². The molecule has 3 aromatic rings. The third-order valence-electron chi connectivity index (χ3n) is 7.08. The fourth-order valence-corrected chi connectivity index (χ4v) is 5.70. The van der Waals surface area contributed by atoms with Crippen LogP contribution in [0.1, 0.15) is 36.6 Å². The quantitative estimate of drug-likeness (QED) is 0.385. The van der Waals surface area contributed by atoms with E-state index < -0.39 is 0 Å². The van der Waals surface area contributed by atoms with E-state index in [4.69, 9.17) is 25.8 Å². The highest BCUT2D eigenvalue weighted by Gasteiger charge is 2.31. The lowest BCUT2D eigenvalue weighted by Gasteiger charge is -2.25. The molecule has 0 spiro atoms. The van der Waals surface area contributed by atoms with Crippen molar-refractivity contribution < 1.29 is 14.2 Å². The summed E-state index contributed by atoms with van der Waals surface area (Å²) in [4.78, 5) is 2.57. The lowest BCUT2D eigenvalue weighted by atomic mass is 9.93. The van der Waals surface area contributed by atoms with Gasteiger partial charge in [-0.3, -0.25) is 4.90 Å². The van der Waals surface area contributed by atoms with Crippen molar-refractivity contribution in [2.45, 2.75) is 45.9 Å². The van der Waals surface area contributed by atoms with Gasteiger partial charge in [0.2, 0.25) is 0 Å². The normalized spacial score (nSPS) is 15.3. The smallest absolute Gasteiger partial charge is 0.161 e. The van der Waals surface area contributed by atoms with Gasteiger partial charge in [-0.05, 0) is 74.7 Å². The van der Waals surface area contributed by atoms with E-state index in [1.54, 1.807) is 14.2 Å². The van der Waals surface area contributed by atoms with Gasteiger partial charge in [0.15, 0.2) is 11.5 Å². The van der Waals surface area contributed by atoms with Crippen LogP contribution in [-0.4, -0.2) is 43.4 Å². The summed E-state index contributed by atoms with van der Waals surface area (Å²) in [6.45, 7) is 7.44. The Hall–Kier alpha value is -2.47. The summed E-state index contributed by atoms with van der Waals surface area (Å²) in [7, 11) is 3.39. The zero-order valence-corrected chi connectivity index (χ0v) is 21.1. The molecule has 2 aliphatic rings. The highest BCUT2D eigenvalue weighted by atomic mass is 35.5. The Bertz CT molecular complexity index is 1180. The minimum Gasteiger partial charge on any atom is -0.493 e. The molecule has 5 nitrogen and oxygen atoms in total. The predicted molar refractivity (Wildman–Crippen MR) is 137 cm³/mol. The van der Waals surface area contributed by atoms with Gasteiger partial charge in [0.05, 0.1) is 26.5 Å². The van der Waals surface area contributed by atoms with Gasteiger partial charge >= 0.3 is 0 Å². The minimum atomic E-state index is 0.557. The molecular formula is C28H33ClN2O3. The van der Waals surface area contributed by atoms with Crippen LogP contribution >= 0.6 is 11.6 Å².